The molecule has 168 valence electrons. The van der Waals surface area contributed by atoms with Gasteiger partial charge in [-0.1, -0.05) is 81.8 Å². The molecule has 2 aromatic rings. The maximum atomic E-state index is 13.2. The molecular weight excluding hydrogens is 384 g/mol. The van der Waals surface area contributed by atoms with Gasteiger partial charge in [-0.05, 0) is 48.8 Å². The van der Waals surface area contributed by atoms with Crippen LogP contribution in [-0.4, -0.2) is 29.3 Å². The van der Waals surface area contributed by atoms with Crippen LogP contribution in [-0.2, 0) is 22.6 Å². The summed E-state index contributed by atoms with van der Waals surface area (Å²) in [7, 11) is 0. The van der Waals surface area contributed by atoms with Crippen molar-refractivity contribution in [3.05, 3.63) is 70.8 Å². The van der Waals surface area contributed by atoms with E-state index in [2.05, 4.69) is 63.3 Å². The molecule has 1 atom stereocenters. The van der Waals surface area contributed by atoms with Gasteiger partial charge in [0.15, 0.2) is 0 Å². The lowest BCUT2D eigenvalue weighted by Gasteiger charge is -2.29. The molecule has 0 spiro atoms. The second-order valence-electron chi connectivity index (χ2n) is 9.22. The summed E-state index contributed by atoms with van der Waals surface area (Å²) in [5.74, 6) is 0.759. The third-order valence-electron chi connectivity index (χ3n) is 5.56. The van der Waals surface area contributed by atoms with Crippen molar-refractivity contribution in [3.63, 3.8) is 0 Å². The fraction of sp³-hybridized carbons (Fsp3) is 0.481. The number of carbonyl (C=O) groups excluding carboxylic acids is 2. The molecule has 1 N–H and O–H groups in total. The summed E-state index contributed by atoms with van der Waals surface area (Å²) < 4.78 is 0. The van der Waals surface area contributed by atoms with Gasteiger partial charge in [0.2, 0.25) is 11.8 Å². The van der Waals surface area contributed by atoms with Crippen LogP contribution in [0.3, 0.4) is 0 Å². The van der Waals surface area contributed by atoms with Gasteiger partial charge in [0.05, 0.1) is 0 Å². The van der Waals surface area contributed by atoms with Crippen LogP contribution >= 0.6 is 0 Å². The summed E-state index contributed by atoms with van der Waals surface area (Å²) in [5, 5.41) is 2.97. The molecule has 0 radical (unpaired) electrons. The average molecular weight is 423 g/mol. The predicted octanol–water partition coefficient (Wildman–Crippen LogP) is 5.24. The van der Waals surface area contributed by atoms with Gasteiger partial charge in [0.25, 0.3) is 0 Å². The lowest BCUT2D eigenvalue weighted by atomic mass is 10.00. The van der Waals surface area contributed by atoms with Crippen molar-refractivity contribution in [2.45, 2.75) is 72.9 Å². The Morgan fingerprint density at radius 1 is 0.935 bits per heavy atom. The van der Waals surface area contributed by atoms with Gasteiger partial charge in [0.1, 0.15) is 6.04 Å². The number of benzene rings is 2. The van der Waals surface area contributed by atoms with Crippen molar-refractivity contribution in [2.24, 2.45) is 5.92 Å². The first-order chi connectivity index (χ1) is 14.7. The minimum Gasteiger partial charge on any atom is -0.354 e. The van der Waals surface area contributed by atoms with Gasteiger partial charge < -0.3 is 10.2 Å². The maximum Gasteiger partial charge on any atom is 0.242 e. The van der Waals surface area contributed by atoms with Gasteiger partial charge in [-0.15, -0.1) is 0 Å². The lowest BCUT2D eigenvalue weighted by Crippen LogP contribution is -2.48. The average Bonchev–Trinajstić information content (AvgIpc) is 2.74. The second-order valence-corrected chi connectivity index (χ2v) is 9.22. The molecule has 0 fully saturated rings. The first-order valence-electron chi connectivity index (χ1n) is 11.4. The van der Waals surface area contributed by atoms with E-state index < -0.39 is 6.04 Å². The van der Waals surface area contributed by atoms with Gasteiger partial charge in [-0.25, -0.2) is 0 Å². The Bertz CT molecular complexity index is 856. The summed E-state index contributed by atoms with van der Waals surface area (Å²) in [5.41, 5.74) is 4.63. The molecular formula is C27H38N2O2. The molecule has 0 aliphatic heterocycles. The Balaban J connectivity index is 2.11. The van der Waals surface area contributed by atoms with Crippen LogP contribution in [0.2, 0.25) is 0 Å². The molecule has 0 aliphatic rings. The first-order valence-corrected chi connectivity index (χ1v) is 11.4. The molecule has 31 heavy (non-hydrogen) atoms. The molecule has 2 rings (SSSR count). The van der Waals surface area contributed by atoms with Crippen LogP contribution in [0.25, 0.3) is 0 Å². The number of hydrogen-bond donors (Lipinski definition) is 1. The molecule has 0 bridgehead atoms. The minimum absolute atomic E-state index is 0.00152. The Hall–Kier alpha value is -2.62. The second kappa shape index (κ2) is 11.7. The number of aryl methyl sites for hydroxylation is 2. The molecule has 0 unspecified atom stereocenters. The largest absolute Gasteiger partial charge is 0.354 e. The third-order valence-corrected chi connectivity index (χ3v) is 5.56. The summed E-state index contributed by atoms with van der Waals surface area (Å²) in [6, 6.07) is 16.1. The Morgan fingerprint density at radius 2 is 1.61 bits per heavy atom. The number of hydrogen-bond acceptors (Lipinski definition) is 2. The molecule has 0 saturated heterocycles. The van der Waals surface area contributed by atoms with Gasteiger partial charge >= 0.3 is 0 Å². The predicted molar refractivity (Wildman–Crippen MR) is 128 cm³/mol. The van der Waals surface area contributed by atoms with Gasteiger partial charge in [0, 0.05) is 19.5 Å². The Kier molecular flexibility index (Phi) is 9.29. The highest BCUT2D eigenvalue weighted by molar-refractivity contribution is 5.87. The molecule has 2 amide bonds. The number of nitrogens with zero attached hydrogens (tertiary/aromatic N) is 1. The normalized spacial score (nSPS) is 12.1. The van der Waals surface area contributed by atoms with Crippen molar-refractivity contribution in [1.82, 2.24) is 10.2 Å². The standard InChI is InChI=1S/C27H38N2O2/c1-19(2)17-28-27(31)22(6)29(18-24-9-7-8-21(5)16-24)26(30)15-12-23-10-13-25(14-11-23)20(3)4/h7-11,13-14,16,19-20,22H,12,15,17-18H2,1-6H3,(H,28,31)/t22-/m0/s1. The van der Waals surface area contributed by atoms with E-state index in [4.69, 9.17) is 0 Å². The molecule has 4 heteroatoms. The van der Waals surface area contributed by atoms with E-state index in [1.807, 2.05) is 32.0 Å². The highest BCUT2D eigenvalue weighted by Gasteiger charge is 2.26. The third kappa shape index (κ3) is 7.86. The zero-order valence-electron chi connectivity index (χ0n) is 19.9. The fourth-order valence-electron chi connectivity index (χ4n) is 3.51. The van der Waals surface area contributed by atoms with Crippen LogP contribution in [0.15, 0.2) is 48.5 Å². The van der Waals surface area contributed by atoms with Gasteiger partial charge in [-0.3, -0.25) is 9.59 Å². The SMILES string of the molecule is Cc1cccc(CN(C(=O)CCc2ccc(C(C)C)cc2)[C@@H](C)C(=O)NCC(C)C)c1. The Morgan fingerprint density at radius 3 is 2.19 bits per heavy atom. The molecule has 0 aromatic heterocycles. The smallest absolute Gasteiger partial charge is 0.242 e. The van der Waals surface area contributed by atoms with Crippen molar-refractivity contribution in [1.29, 1.82) is 0 Å². The van der Waals surface area contributed by atoms with Crippen LogP contribution in [0, 0.1) is 12.8 Å². The van der Waals surface area contributed by atoms with E-state index in [0.717, 1.165) is 16.7 Å². The van der Waals surface area contributed by atoms with Gasteiger partial charge in [-0.2, -0.15) is 0 Å². The van der Waals surface area contributed by atoms with Crippen LogP contribution in [0.5, 0.6) is 0 Å². The summed E-state index contributed by atoms with van der Waals surface area (Å²) in [6.07, 6.45) is 1.05. The van der Waals surface area contributed by atoms with E-state index in [-0.39, 0.29) is 11.8 Å². The van der Waals surface area contributed by atoms with Crippen LogP contribution < -0.4 is 5.32 Å². The van der Waals surface area contributed by atoms with E-state index >= 15 is 0 Å². The summed E-state index contributed by atoms with van der Waals surface area (Å²) >= 11 is 0. The monoisotopic (exact) mass is 422 g/mol. The summed E-state index contributed by atoms with van der Waals surface area (Å²) in [6.45, 7) is 13.4. The first kappa shape index (κ1) is 24.6. The zero-order valence-corrected chi connectivity index (χ0v) is 19.9. The van der Waals surface area contributed by atoms with E-state index in [1.54, 1.807) is 4.90 Å². The fourth-order valence-corrected chi connectivity index (χ4v) is 3.51. The van der Waals surface area contributed by atoms with E-state index in [0.29, 0.717) is 37.8 Å². The highest BCUT2D eigenvalue weighted by atomic mass is 16.2. The topological polar surface area (TPSA) is 49.4 Å². The molecule has 0 aliphatic carbocycles. The van der Waals surface area contributed by atoms with Crippen LogP contribution in [0.1, 0.15) is 69.2 Å². The van der Waals surface area contributed by atoms with Crippen molar-refractivity contribution in [2.75, 3.05) is 6.54 Å². The molecule has 0 heterocycles. The van der Waals surface area contributed by atoms with Crippen molar-refractivity contribution < 1.29 is 9.59 Å². The minimum atomic E-state index is -0.518. The lowest BCUT2D eigenvalue weighted by molar-refractivity contribution is -0.140. The number of carbonyl (C=O) groups is 2. The zero-order chi connectivity index (χ0) is 23.0. The Labute approximate surface area is 188 Å². The number of amides is 2. The van der Waals surface area contributed by atoms with E-state index in [9.17, 15) is 9.59 Å². The quantitative estimate of drug-likeness (QED) is 0.569. The molecule has 4 nitrogen and oxygen atoms in total. The number of nitrogens with one attached hydrogen (secondary N) is 1. The van der Waals surface area contributed by atoms with Crippen molar-refractivity contribution >= 4 is 11.8 Å². The van der Waals surface area contributed by atoms with E-state index in [1.165, 1.54) is 5.56 Å². The number of rotatable bonds is 10. The summed E-state index contributed by atoms with van der Waals surface area (Å²) in [4.78, 5) is 27.6. The maximum absolute atomic E-state index is 13.2. The van der Waals surface area contributed by atoms with Crippen LogP contribution in [0.4, 0.5) is 0 Å². The molecule has 0 saturated carbocycles. The van der Waals surface area contributed by atoms with Crippen molar-refractivity contribution in [3.8, 4) is 0 Å². The molecule has 2 aromatic carbocycles. The highest BCUT2D eigenvalue weighted by Crippen LogP contribution is 2.17.